The highest BCUT2D eigenvalue weighted by Crippen LogP contribution is 2.32. The SMILES string of the molecule is Cc1cc(Br)cnc1NCC1CC(Cl)C1. The predicted octanol–water partition coefficient (Wildman–Crippen LogP) is 3.58. The van der Waals surface area contributed by atoms with Crippen molar-refractivity contribution in [1.29, 1.82) is 0 Å². The van der Waals surface area contributed by atoms with E-state index in [1.165, 1.54) is 5.56 Å². The van der Waals surface area contributed by atoms with Crippen molar-refractivity contribution in [3.63, 3.8) is 0 Å². The Kier molecular flexibility index (Phi) is 3.52. The first-order valence-electron chi connectivity index (χ1n) is 5.15. The molecule has 1 heterocycles. The van der Waals surface area contributed by atoms with Crippen molar-refractivity contribution in [3.05, 3.63) is 22.3 Å². The van der Waals surface area contributed by atoms with E-state index in [1.54, 1.807) is 0 Å². The minimum atomic E-state index is 0.399. The third-order valence-electron chi connectivity index (χ3n) is 2.78. The quantitative estimate of drug-likeness (QED) is 0.860. The highest BCUT2D eigenvalue weighted by molar-refractivity contribution is 9.10. The molecule has 0 radical (unpaired) electrons. The third kappa shape index (κ3) is 2.85. The van der Waals surface area contributed by atoms with Crippen LogP contribution in [0.15, 0.2) is 16.7 Å². The summed E-state index contributed by atoms with van der Waals surface area (Å²) in [5.41, 5.74) is 1.17. The van der Waals surface area contributed by atoms with Crippen LogP contribution in [0.2, 0.25) is 0 Å². The van der Waals surface area contributed by atoms with Gasteiger partial charge in [0.15, 0.2) is 0 Å². The monoisotopic (exact) mass is 288 g/mol. The van der Waals surface area contributed by atoms with Crippen LogP contribution in [0.5, 0.6) is 0 Å². The van der Waals surface area contributed by atoms with E-state index in [2.05, 4.69) is 39.2 Å². The average molecular weight is 290 g/mol. The summed E-state index contributed by atoms with van der Waals surface area (Å²) in [5, 5.41) is 3.77. The molecule has 0 unspecified atom stereocenters. The van der Waals surface area contributed by atoms with Gasteiger partial charge in [0.2, 0.25) is 0 Å². The average Bonchev–Trinajstić information content (AvgIpc) is 2.13. The van der Waals surface area contributed by atoms with E-state index < -0.39 is 0 Å². The molecule has 15 heavy (non-hydrogen) atoms. The lowest BCUT2D eigenvalue weighted by Crippen LogP contribution is -2.30. The lowest BCUT2D eigenvalue weighted by atomic mass is 9.85. The van der Waals surface area contributed by atoms with Gasteiger partial charge in [-0.05, 0) is 53.2 Å². The number of rotatable bonds is 3. The molecule has 0 saturated heterocycles. The van der Waals surface area contributed by atoms with Gasteiger partial charge < -0.3 is 5.32 Å². The fourth-order valence-electron chi connectivity index (χ4n) is 1.79. The zero-order valence-corrected chi connectivity index (χ0v) is 11.0. The van der Waals surface area contributed by atoms with Crippen molar-refractivity contribution < 1.29 is 0 Å². The van der Waals surface area contributed by atoms with Gasteiger partial charge in [-0.1, -0.05) is 0 Å². The Balaban J connectivity index is 1.88. The van der Waals surface area contributed by atoms with E-state index in [0.717, 1.165) is 35.6 Å². The number of alkyl halides is 1. The molecule has 1 aromatic rings. The maximum Gasteiger partial charge on any atom is 0.128 e. The minimum Gasteiger partial charge on any atom is -0.370 e. The molecular weight excluding hydrogens is 275 g/mol. The van der Waals surface area contributed by atoms with Crippen LogP contribution in [0.3, 0.4) is 0 Å². The van der Waals surface area contributed by atoms with Gasteiger partial charge in [0.1, 0.15) is 5.82 Å². The number of hydrogen-bond donors (Lipinski definition) is 1. The summed E-state index contributed by atoms with van der Waals surface area (Å²) in [5.74, 6) is 1.70. The van der Waals surface area contributed by atoms with E-state index in [4.69, 9.17) is 11.6 Å². The molecule has 0 amide bonds. The van der Waals surface area contributed by atoms with Crippen molar-refractivity contribution in [1.82, 2.24) is 4.98 Å². The number of hydrogen-bond acceptors (Lipinski definition) is 2. The Morgan fingerprint density at radius 3 is 2.93 bits per heavy atom. The molecule has 1 aliphatic rings. The summed E-state index contributed by atoms with van der Waals surface area (Å²) in [6.45, 7) is 3.05. The zero-order valence-electron chi connectivity index (χ0n) is 8.63. The number of nitrogens with one attached hydrogen (secondary N) is 1. The lowest BCUT2D eigenvalue weighted by Gasteiger charge is -2.31. The number of nitrogens with zero attached hydrogens (tertiary/aromatic N) is 1. The van der Waals surface area contributed by atoms with Gasteiger partial charge in [-0.2, -0.15) is 0 Å². The molecule has 0 aromatic carbocycles. The number of aryl methyl sites for hydroxylation is 1. The lowest BCUT2D eigenvalue weighted by molar-refractivity contribution is 0.341. The first-order chi connectivity index (χ1) is 7.15. The summed E-state index contributed by atoms with van der Waals surface area (Å²) >= 11 is 9.33. The van der Waals surface area contributed by atoms with Crippen molar-refractivity contribution in [3.8, 4) is 0 Å². The van der Waals surface area contributed by atoms with Gasteiger partial charge in [0.25, 0.3) is 0 Å². The number of pyridine rings is 1. The Morgan fingerprint density at radius 2 is 2.33 bits per heavy atom. The minimum absolute atomic E-state index is 0.399. The molecule has 0 bridgehead atoms. The van der Waals surface area contributed by atoms with Crippen molar-refractivity contribution in [2.24, 2.45) is 5.92 Å². The Bertz CT molecular complexity index is 350. The molecule has 2 rings (SSSR count). The molecule has 1 N–H and O–H groups in total. The maximum absolute atomic E-state index is 5.93. The Labute approximate surface area is 104 Å². The van der Waals surface area contributed by atoms with Gasteiger partial charge in [-0.15, -0.1) is 11.6 Å². The fraction of sp³-hybridized carbons (Fsp3) is 0.545. The standard InChI is InChI=1S/C11H14BrClN2/c1-7-2-9(12)6-15-11(7)14-5-8-3-10(13)4-8/h2,6,8,10H,3-5H2,1H3,(H,14,15). The molecule has 2 nitrogen and oxygen atoms in total. The smallest absolute Gasteiger partial charge is 0.128 e. The Hall–Kier alpha value is -0.280. The van der Waals surface area contributed by atoms with Gasteiger partial charge in [-0.25, -0.2) is 4.98 Å². The van der Waals surface area contributed by atoms with Crippen LogP contribution in [0, 0.1) is 12.8 Å². The van der Waals surface area contributed by atoms with E-state index in [-0.39, 0.29) is 0 Å². The highest BCUT2D eigenvalue weighted by atomic mass is 79.9. The normalized spacial score (nSPS) is 24.7. The van der Waals surface area contributed by atoms with Crippen LogP contribution in [0.1, 0.15) is 18.4 Å². The summed E-state index contributed by atoms with van der Waals surface area (Å²) in [4.78, 5) is 4.34. The van der Waals surface area contributed by atoms with Gasteiger partial charge in [0.05, 0.1) is 0 Å². The molecule has 0 aliphatic heterocycles. The van der Waals surface area contributed by atoms with Gasteiger partial charge in [-0.3, -0.25) is 0 Å². The van der Waals surface area contributed by atoms with Gasteiger partial charge in [0, 0.05) is 22.6 Å². The van der Waals surface area contributed by atoms with E-state index >= 15 is 0 Å². The van der Waals surface area contributed by atoms with Crippen molar-refractivity contribution in [2.45, 2.75) is 25.1 Å². The molecule has 0 atom stereocenters. The van der Waals surface area contributed by atoms with Crippen LogP contribution in [-0.2, 0) is 0 Å². The van der Waals surface area contributed by atoms with Crippen LogP contribution >= 0.6 is 27.5 Å². The first kappa shape index (κ1) is 11.2. The second kappa shape index (κ2) is 4.71. The fourth-order valence-corrected chi connectivity index (χ4v) is 2.74. The molecule has 1 aromatic heterocycles. The summed E-state index contributed by atoms with van der Waals surface area (Å²) in [6.07, 6.45) is 4.08. The van der Waals surface area contributed by atoms with Gasteiger partial charge >= 0.3 is 0 Å². The highest BCUT2D eigenvalue weighted by Gasteiger charge is 2.26. The zero-order chi connectivity index (χ0) is 10.8. The van der Waals surface area contributed by atoms with Crippen LogP contribution in [0.4, 0.5) is 5.82 Å². The molecule has 4 heteroatoms. The molecular formula is C11H14BrClN2. The van der Waals surface area contributed by atoms with Crippen LogP contribution < -0.4 is 5.32 Å². The summed E-state index contributed by atoms with van der Waals surface area (Å²) in [7, 11) is 0. The first-order valence-corrected chi connectivity index (χ1v) is 6.38. The second-order valence-electron chi connectivity index (χ2n) is 4.13. The van der Waals surface area contributed by atoms with E-state index in [0.29, 0.717) is 5.38 Å². The van der Waals surface area contributed by atoms with Crippen LogP contribution in [-0.4, -0.2) is 16.9 Å². The molecule has 1 saturated carbocycles. The predicted molar refractivity (Wildman–Crippen MR) is 67.5 cm³/mol. The van der Waals surface area contributed by atoms with Crippen molar-refractivity contribution >= 4 is 33.3 Å². The molecule has 1 fully saturated rings. The molecule has 1 aliphatic carbocycles. The number of aromatic nitrogens is 1. The number of anilines is 1. The third-order valence-corrected chi connectivity index (χ3v) is 3.57. The van der Waals surface area contributed by atoms with Crippen molar-refractivity contribution in [2.75, 3.05) is 11.9 Å². The van der Waals surface area contributed by atoms with E-state index in [1.807, 2.05) is 6.20 Å². The maximum atomic E-state index is 5.93. The molecule has 82 valence electrons. The summed E-state index contributed by atoms with van der Waals surface area (Å²) < 4.78 is 1.02. The number of halogens is 2. The Morgan fingerprint density at radius 1 is 1.60 bits per heavy atom. The topological polar surface area (TPSA) is 24.9 Å². The van der Waals surface area contributed by atoms with E-state index in [9.17, 15) is 0 Å². The second-order valence-corrected chi connectivity index (χ2v) is 5.67. The largest absolute Gasteiger partial charge is 0.370 e. The summed E-state index contributed by atoms with van der Waals surface area (Å²) in [6, 6.07) is 2.07. The van der Waals surface area contributed by atoms with Crippen LogP contribution in [0.25, 0.3) is 0 Å². The molecule has 0 spiro atoms.